The van der Waals surface area contributed by atoms with Gasteiger partial charge in [0.2, 0.25) is 0 Å². The van der Waals surface area contributed by atoms with Gasteiger partial charge in [-0.3, -0.25) is 0 Å². The van der Waals surface area contributed by atoms with Gasteiger partial charge in [-0.1, -0.05) is 0 Å². The van der Waals surface area contributed by atoms with Crippen molar-refractivity contribution in [3.05, 3.63) is 22.9 Å². The summed E-state index contributed by atoms with van der Waals surface area (Å²) in [5.41, 5.74) is 1.16. The lowest BCUT2D eigenvalue weighted by molar-refractivity contribution is -0.992. The van der Waals surface area contributed by atoms with Gasteiger partial charge in [0.05, 0.1) is 13.2 Å². The molecule has 0 saturated heterocycles. The van der Waals surface area contributed by atoms with Crippen LogP contribution in [0.15, 0.2) is 12.1 Å². The first-order valence-electron chi connectivity index (χ1n) is 5.32. The molecule has 104 valence electrons. The molecule has 0 amide bonds. The van der Waals surface area contributed by atoms with Gasteiger partial charge in [-0.2, -0.15) is 32.3 Å². The molecule has 10 heteroatoms. The van der Waals surface area contributed by atoms with Crippen molar-refractivity contribution >= 4 is 16.7 Å². The zero-order chi connectivity index (χ0) is 14.7. The second-order valence-corrected chi connectivity index (χ2v) is 3.69. The van der Waals surface area contributed by atoms with Crippen LogP contribution in [0.2, 0.25) is 0 Å². The average molecular weight is 280 g/mol. The molecule has 0 aliphatic carbocycles. The van der Waals surface area contributed by atoms with Gasteiger partial charge in [-0.15, -0.1) is 0 Å². The Labute approximate surface area is 112 Å². The molecule has 0 fully saturated rings. The number of aromatic nitrogens is 2. The predicted molar refractivity (Wildman–Crippen MR) is 62.4 cm³/mol. The molecule has 0 aliphatic rings. The van der Waals surface area contributed by atoms with Crippen LogP contribution < -0.4 is 36.7 Å². The second-order valence-electron chi connectivity index (χ2n) is 3.69. The van der Waals surface area contributed by atoms with Crippen molar-refractivity contribution in [3.8, 4) is 17.8 Å². The largest absolute Gasteiger partial charge is 0.595 e. The normalized spacial score (nSPS) is 11.9. The van der Waals surface area contributed by atoms with Crippen LogP contribution in [0.5, 0.6) is 11.8 Å². The Kier molecular flexibility index (Phi) is 3.89. The number of hydrogen-bond donors (Lipinski definition) is 3. The van der Waals surface area contributed by atoms with E-state index in [0.29, 0.717) is 11.0 Å². The van der Waals surface area contributed by atoms with E-state index < -0.39 is 5.23 Å². The van der Waals surface area contributed by atoms with Crippen molar-refractivity contribution in [3.63, 3.8) is 0 Å². The van der Waals surface area contributed by atoms with E-state index in [9.17, 15) is 5.21 Å². The van der Waals surface area contributed by atoms with E-state index in [2.05, 4.69) is 24.5 Å². The molecule has 0 spiro atoms. The lowest BCUT2D eigenvalue weighted by Gasteiger charge is -2.16. The number of rotatable bonds is 4. The number of nitrogens with two attached hydrogens (primary N) is 2. The van der Waals surface area contributed by atoms with Crippen LogP contribution in [-0.2, 0) is 4.84 Å². The first-order valence-corrected chi connectivity index (χ1v) is 5.32. The number of aromatic amines is 2. The average Bonchev–Trinajstić information content (AvgIpc) is 2.51. The van der Waals surface area contributed by atoms with Gasteiger partial charge in [-0.05, 0) is 0 Å². The third-order valence-electron chi connectivity index (χ3n) is 2.62. The Morgan fingerprint density at radius 1 is 1.20 bits per heavy atom. The summed E-state index contributed by atoms with van der Waals surface area (Å²) in [4.78, 5) is 19.3. The van der Waals surface area contributed by atoms with E-state index in [0.717, 1.165) is 0 Å². The summed E-state index contributed by atoms with van der Waals surface area (Å²) in [7, 11) is 1.23. The van der Waals surface area contributed by atoms with Gasteiger partial charge in [0, 0.05) is 6.07 Å². The predicted octanol–water partition coefficient (Wildman–Crippen LogP) is -2.58. The zero-order valence-electron chi connectivity index (χ0n) is 10.4. The van der Waals surface area contributed by atoms with Crippen LogP contribution in [0.3, 0.4) is 0 Å². The van der Waals surface area contributed by atoms with Gasteiger partial charge < -0.3 is 14.9 Å². The van der Waals surface area contributed by atoms with Crippen molar-refractivity contribution in [2.45, 2.75) is 0 Å². The van der Waals surface area contributed by atoms with Crippen molar-refractivity contribution in [2.24, 2.45) is 11.8 Å². The molecule has 7 N–H and O–H groups in total. The minimum Gasteiger partial charge on any atom is -0.595 e. The fraction of sp³-hybridized carbons (Fsp3) is 0.100. The topological polar surface area (TPSA) is 159 Å². The quantitative estimate of drug-likeness (QED) is 0.518. The lowest BCUT2D eigenvalue weighted by Crippen LogP contribution is -3.00. The summed E-state index contributed by atoms with van der Waals surface area (Å²) >= 11 is 0. The Morgan fingerprint density at radius 3 is 2.20 bits per heavy atom. The summed E-state index contributed by atoms with van der Waals surface area (Å²) in [6, 6.07) is 4.78. The zero-order valence-corrected chi connectivity index (χ0v) is 10.4. The van der Waals surface area contributed by atoms with Crippen molar-refractivity contribution in [2.75, 3.05) is 7.11 Å². The highest BCUT2D eigenvalue weighted by molar-refractivity contribution is 5.75. The van der Waals surface area contributed by atoms with Crippen LogP contribution in [0.25, 0.3) is 11.0 Å². The molecule has 2 rings (SSSR count). The number of benzene rings is 1. The highest BCUT2D eigenvalue weighted by Crippen LogP contribution is 2.20. The number of nitrogens with zero attached hydrogens (tertiary/aromatic N) is 1. The fourth-order valence-corrected chi connectivity index (χ4v) is 1.70. The fourth-order valence-electron chi connectivity index (χ4n) is 1.70. The highest BCUT2D eigenvalue weighted by atomic mass is 16.9. The minimum absolute atomic E-state index is 0.0283. The summed E-state index contributed by atoms with van der Waals surface area (Å²) in [6.07, 6.45) is 0. The van der Waals surface area contributed by atoms with E-state index in [1.807, 2.05) is 6.07 Å². The van der Waals surface area contributed by atoms with Gasteiger partial charge in [0.25, 0.3) is 11.0 Å². The first kappa shape index (κ1) is 13.9. The lowest BCUT2D eigenvalue weighted by atomic mass is 10.1. The molecule has 0 aliphatic heterocycles. The van der Waals surface area contributed by atoms with Crippen LogP contribution in [0, 0.1) is 16.5 Å². The highest BCUT2D eigenvalue weighted by Gasteiger charge is 2.27. The molecule has 20 heavy (non-hydrogen) atoms. The van der Waals surface area contributed by atoms with Crippen LogP contribution in [-0.4, -0.2) is 7.11 Å². The van der Waals surface area contributed by atoms with Crippen LogP contribution in [0.4, 0.5) is 5.69 Å². The smallest absolute Gasteiger partial charge is 0.503 e. The van der Waals surface area contributed by atoms with Gasteiger partial charge in [0.15, 0.2) is 5.69 Å². The molecule has 1 unspecified atom stereocenters. The third-order valence-corrected chi connectivity index (χ3v) is 2.62. The maximum Gasteiger partial charge on any atom is 0.503 e. The Bertz CT molecular complexity index is 685. The van der Waals surface area contributed by atoms with Crippen molar-refractivity contribution in [1.82, 2.24) is 0 Å². The maximum atomic E-state index is 11.6. The Hall–Kier alpha value is -2.55. The van der Waals surface area contributed by atoms with Crippen molar-refractivity contribution < 1.29 is 29.7 Å². The van der Waals surface area contributed by atoms with Gasteiger partial charge >= 0.3 is 11.8 Å². The summed E-state index contributed by atoms with van der Waals surface area (Å²) < 4.78 is 0. The summed E-state index contributed by atoms with van der Waals surface area (Å²) in [6.45, 7) is 0. The third kappa shape index (κ3) is 2.30. The molecule has 0 saturated carbocycles. The molecule has 2 aromatic rings. The van der Waals surface area contributed by atoms with Gasteiger partial charge in [-0.25, -0.2) is 4.84 Å². The number of hydrogen-bond acceptors (Lipinski definition) is 7. The number of fused-ring (bicyclic) bond motifs is 1. The molecule has 1 aromatic carbocycles. The Morgan fingerprint density at radius 2 is 1.75 bits per heavy atom. The molecule has 1 atom stereocenters. The van der Waals surface area contributed by atoms with Crippen LogP contribution in [0.1, 0.15) is 5.56 Å². The molecule has 0 radical (unpaired) electrons. The van der Waals surface area contributed by atoms with Gasteiger partial charge in [0.1, 0.15) is 11.6 Å². The minimum atomic E-state index is -0.633. The van der Waals surface area contributed by atoms with Crippen molar-refractivity contribution in [1.29, 1.82) is 5.26 Å². The summed E-state index contributed by atoms with van der Waals surface area (Å²) in [5.74, 6) is 10.2. The summed E-state index contributed by atoms with van der Waals surface area (Å²) in [5, 5.41) is 20.1. The number of nitriles is 1. The van der Waals surface area contributed by atoms with E-state index in [4.69, 9.17) is 17.1 Å². The molecular formula is C10H12N6O4+2. The second kappa shape index (κ2) is 5.61. The first-order chi connectivity index (χ1) is 9.64. The standard InChI is InChI=1S/C10H10N6O4/c1-18-16(17)8-3-7-6(2-5(8)4-11)14-9(19-12)10(15-7)20-13/h2-3,16H,12-13H2,1H3/p+2. The molecule has 1 heterocycles. The van der Waals surface area contributed by atoms with E-state index in [1.54, 1.807) is 0 Å². The van der Waals surface area contributed by atoms with E-state index in [1.165, 1.54) is 19.2 Å². The Balaban J connectivity index is 2.71. The number of nitrogens with one attached hydrogen (secondary N) is 3. The molecule has 10 nitrogen and oxygen atoms in total. The van der Waals surface area contributed by atoms with E-state index >= 15 is 0 Å². The number of H-pyrrole nitrogens is 2. The number of quaternary nitrogens is 1. The van der Waals surface area contributed by atoms with E-state index in [-0.39, 0.29) is 23.0 Å². The van der Waals surface area contributed by atoms with Crippen LogP contribution >= 0.6 is 0 Å². The molecular weight excluding hydrogens is 268 g/mol. The molecule has 1 aromatic heterocycles. The SMILES string of the molecule is CO[NH+]([O-])c1cc2[nH+]c(ON)c(ON)[nH+]c2cc1C#N. The molecule has 0 bridgehead atoms. The monoisotopic (exact) mass is 280 g/mol. The maximum absolute atomic E-state index is 11.6.